The second kappa shape index (κ2) is 4.04. The highest BCUT2D eigenvalue weighted by Crippen LogP contribution is 2.13. The lowest BCUT2D eigenvalue weighted by Gasteiger charge is -2.03. The van der Waals surface area contributed by atoms with Crippen LogP contribution in [0.25, 0.3) is 5.65 Å². The number of aromatic nitrogens is 3. The molecule has 0 radical (unpaired) electrons. The van der Waals surface area contributed by atoms with Crippen LogP contribution in [0.2, 0.25) is 0 Å². The molecule has 0 saturated carbocycles. The quantitative estimate of drug-likeness (QED) is 0.740. The molecule has 0 amide bonds. The van der Waals surface area contributed by atoms with Crippen molar-refractivity contribution in [1.82, 2.24) is 14.6 Å². The molecule has 0 spiro atoms. The minimum atomic E-state index is 0.0223. The lowest BCUT2D eigenvalue weighted by atomic mass is 10.1. The molecule has 0 aliphatic rings. The van der Waals surface area contributed by atoms with Gasteiger partial charge in [-0.1, -0.05) is 13.8 Å². The van der Waals surface area contributed by atoms with Crippen LogP contribution in [-0.2, 0) is 6.42 Å². The van der Waals surface area contributed by atoms with E-state index in [0.29, 0.717) is 17.1 Å². The highest BCUT2D eigenvalue weighted by Gasteiger charge is 2.12. The summed E-state index contributed by atoms with van der Waals surface area (Å²) in [6, 6.07) is 3.64. The monoisotopic (exact) mass is 217 g/mol. The third-order valence-corrected chi connectivity index (χ3v) is 2.48. The van der Waals surface area contributed by atoms with Gasteiger partial charge in [0.05, 0.1) is 5.56 Å². The standard InChI is InChI=1S/C12H15N3O/c1-8(2)7-11-13-14-12-10(9(3)16)5-4-6-15(11)12/h4-6,8H,7H2,1-3H3. The summed E-state index contributed by atoms with van der Waals surface area (Å²) in [7, 11) is 0. The maximum Gasteiger partial charge on any atom is 0.171 e. The fraction of sp³-hybridized carbons (Fsp3) is 0.417. The van der Waals surface area contributed by atoms with Crippen molar-refractivity contribution in [2.45, 2.75) is 27.2 Å². The number of Topliss-reactive ketones (excluding diaryl/α,β-unsaturated/α-hetero) is 1. The second-order valence-corrected chi connectivity index (χ2v) is 4.39. The van der Waals surface area contributed by atoms with Crippen molar-refractivity contribution in [3.05, 3.63) is 29.7 Å². The smallest absolute Gasteiger partial charge is 0.171 e. The average Bonchev–Trinajstić information content (AvgIpc) is 2.60. The van der Waals surface area contributed by atoms with Crippen LogP contribution in [0.15, 0.2) is 18.3 Å². The van der Waals surface area contributed by atoms with E-state index in [1.807, 2.05) is 16.7 Å². The maximum atomic E-state index is 11.4. The summed E-state index contributed by atoms with van der Waals surface area (Å²) < 4.78 is 1.90. The molecule has 84 valence electrons. The van der Waals surface area contributed by atoms with E-state index in [1.54, 1.807) is 13.0 Å². The molecule has 4 nitrogen and oxygen atoms in total. The van der Waals surface area contributed by atoms with E-state index in [4.69, 9.17) is 0 Å². The summed E-state index contributed by atoms with van der Waals surface area (Å²) in [5.41, 5.74) is 1.29. The Morgan fingerprint density at radius 3 is 2.81 bits per heavy atom. The van der Waals surface area contributed by atoms with E-state index < -0.39 is 0 Å². The molecule has 2 aromatic heterocycles. The summed E-state index contributed by atoms with van der Waals surface area (Å²) in [5, 5.41) is 8.22. The molecule has 0 bridgehead atoms. The Balaban J connectivity index is 2.57. The van der Waals surface area contributed by atoms with Crippen molar-refractivity contribution in [3.63, 3.8) is 0 Å². The minimum Gasteiger partial charge on any atom is -0.294 e. The maximum absolute atomic E-state index is 11.4. The number of pyridine rings is 1. The van der Waals surface area contributed by atoms with Gasteiger partial charge in [-0.25, -0.2) is 0 Å². The zero-order valence-corrected chi connectivity index (χ0v) is 9.77. The lowest BCUT2D eigenvalue weighted by molar-refractivity contribution is 0.101. The Morgan fingerprint density at radius 1 is 1.44 bits per heavy atom. The lowest BCUT2D eigenvalue weighted by Crippen LogP contribution is -2.02. The Hall–Kier alpha value is -1.71. The van der Waals surface area contributed by atoms with Gasteiger partial charge in [-0.2, -0.15) is 0 Å². The number of fused-ring (bicyclic) bond motifs is 1. The first-order chi connectivity index (χ1) is 7.59. The van der Waals surface area contributed by atoms with Crippen molar-refractivity contribution in [2.24, 2.45) is 5.92 Å². The molecule has 0 N–H and O–H groups in total. The fourth-order valence-corrected chi connectivity index (χ4v) is 1.74. The summed E-state index contributed by atoms with van der Waals surface area (Å²) in [6.07, 6.45) is 2.77. The molecule has 2 heterocycles. The first kappa shape index (κ1) is 10.8. The third-order valence-electron chi connectivity index (χ3n) is 2.48. The van der Waals surface area contributed by atoms with Crippen molar-refractivity contribution in [2.75, 3.05) is 0 Å². The number of rotatable bonds is 3. The largest absolute Gasteiger partial charge is 0.294 e. The fourth-order valence-electron chi connectivity index (χ4n) is 1.74. The van der Waals surface area contributed by atoms with Gasteiger partial charge in [-0.3, -0.25) is 9.20 Å². The van der Waals surface area contributed by atoms with Crippen LogP contribution in [0.1, 0.15) is 37.0 Å². The van der Waals surface area contributed by atoms with Crippen LogP contribution in [0.3, 0.4) is 0 Å². The second-order valence-electron chi connectivity index (χ2n) is 4.39. The number of nitrogens with zero attached hydrogens (tertiary/aromatic N) is 3. The van der Waals surface area contributed by atoms with Gasteiger partial charge in [-0.15, -0.1) is 10.2 Å². The molecule has 0 atom stereocenters. The topological polar surface area (TPSA) is 47.3 Å². The first-order valence-corrected chi connectivity index (χ1v) is 5.43. The Labute approximate surface area is 94.3 Å². The molecular formula is C12H15N3O. The molecule has 2 aromatic rings. The van der Waals surface area contributed by atoms with Crippen LogP contribution in [0.4, 0.5) is 0 Å². The summed E-state index contributed by atoms with van der Waals surface area (Å²) in [6.45, 7) is 5.82. The number of hydrogen-bond acceptors (Lipinski definition) is 3. The summed E-state index contributed by atoms with van der Waals surface area (Å²) in [4.78, 5) is 11.4. The van der Waals surface area contributed by atoms with Crippen LogP contribution in [0.5, 0.6) is 0 Å². The highest BCUT2D eigenvalue weighted by molar-refractivity contribution is 5.99. The molecule has 4 heteroatoms. The minimum absolute atomic E-state index is 0.0223. The molecule has 0 aliphatic carbocycles. The SMILES string of the molecule is CC(=O)c1cccn2c(CC(C)C)nnc12. The van der Waals surface area contributed by atoms with E-state index in [0.717, 1.165) is 12.2 Å². The van der Waals surface area contributed by atoms with Crippen molar-refractivity contribution in [1.29, 1.82) is 0 Å². The van der Waals surface area contributed by atoms with Gasteiger partial charge in [0.15, 0.2) is 11.4 Å². The normalized spacial score (nSPS) is 11.2. The zero-order valence-electron chi connectivity index (χ0n) is 9.77. The Morgan fingerprint density at radius 2 is 2.19 bits per heavy atom. The zero-order chi connectivity index (χ0) is 11.7. The van der Waals surface area contributed by atoms with E-state index >= 15 is 0 Å². The van der Waals surface area contributed by atoms with E-state index in [9.17, 15) is 4.79 Å². The number of carbonyl (C=O) groups is 1. The van der Waals surface area contributed by atoms with Crippen LogP contribution >= 0.6 is 0 Å². The Bertz CT molecular complexity index is 528. The van der Waals surface area contributed by atoms with E-state index in [-0.39, 0.29) is 5.78 Å². The molecule has 2 rings (SSSR count). The van der Waals surface area contributed by atoms with Gasteiger partial charge < -0.3 is 0 Å². The number of ketones is 1. The van der Waals surface area contributed by atoms with Gasteiger partial charge in [0.25, 0.3) is 0 Å². The third kappa shape index (κ3) is 1.83. The van der Waals surface area contributed by atoms with E-state index in [2.05, 4.69) is 24.0 Å². The van der Waals surface area contributed by atoms with Crippen LogP contribution in [-0.4, -0.2) is 20.4 Å². The van der Waals surface area contributed by atoms with Gasteiger partial charge in [0.1, 0.15) is 5.82 Å². The first-order valence-electron chi connectivity index (χ1n) is 5.43. The van der Waals surface area contributed by atoms with Gasteiger partial charge >= 0.3 is 0 Å². The van der Waals surface area contributed by atoms with Gasteiger partial charge in [-0.05, 0) is 25.0 Å². The summed E-state index contributed by atoms with van der Waals surface area (Å²) >= 11 is 0. The van der Waals surface area contributed by atoms with Crippen LogP contribution < -0.4 is 0 Å². The highest BCUT2D eigenvalue weighted by atomic mass is 16.1. The van der Waals surface area contributed by atoms with E-state index in [1.165, 1.54) is 0 Å². The van der Waals surface area contributed by atoms with Crippen LogP contribution in [0, 0.1) is 5.92 Å². The predicted molar refractivity (Wildman–Crippen MR) is 61.5 cm³/mol. The number of carbonyl (C=O) groups excluding carboxylic acids is 1. The van der Waals surface area contributed by atoms with Gasteiger partial charge in [0, 0.05) is 12.6 Å². The molecule has 0 saturated heterocycles. The molecule has 0 fully saturated rings. The summed E-state index contributed by atoms with van der Waals surface area (Å²) in [5.74, 6) is 1.45. The number of hydrogen-bond donors (Lipinski definition) is 0. The molecule has 16 heavy (non-hydrogen) atoms. The molecule has 0 unspecified atom stereocenters. The van der Waals surface area contributed by atoms with Gasteiger partial charge in [0.2, 0.25) is 0 Å². The molecular weight excluding hydrogens is 202 g/mol. The average molecular weight is 217 g/mol. The van der Waals surface area contributed by atoms with Crippen molar-refractivity contribution in [3.8, 4) is 0 Å². The predicted octanol–water partition coefficient (Wildman–Crippen LogP) is 2.13. The van der Waals surface area contributed by atoms with Crippen molar-refractivity contribution >= 4 is 11.4 Å². The Kier molecular flexibility index (Phi) is 2.73. The molecule has 0 aliphatic heterocycles. The van der Waals surface area contributed by atoms with Crippen molar-refractivity contribution < 1.29 is 4.79 Å². The molecule has 0 aromatic carbocycles.